The second kappa shape index (κ2) is 6.66. The summed E-state index contributed by atoms with van der Waals surface area (Å²) in [5.74, 6) is 0. The molecule has 0 radical (unpaired) electrons. The Bertz CT molecular complexity index is 167. The molecule has 2 nitrogen and oxygen atoms in total. The summed E-state index contributed by atoms with van der Waals surface area (Å²) in [4.78, 5) is 0. The Labute approximate surface area is 95.4 Å². The maximum atomic E-state index is 5.55. The van der Waals surface area contributed by atoms with E-state index >= 15 is 0 Å². The summed E-state index contributed by atoms with van der Waals surface area (Å²) in [5.41, 5.74) is 0. The molecule has 0 aromatic carbocycles. The molecule has 0 bridgehead atoms. The van der Waals surface area contributed by atoms with E-state index in [2.05, 4.69) is 20.0 Å². The molecule has 1 saturated heterocycles. The first kappa shape index (κ1) is 13.2. The predicted molar refractivity (Wildman–Crippen MR) is 67.2 cm³/mol. The van der Waals surface area contributed by atoms with Crippen molar-refractivity contribution < 1.29 is 9.47 Å². The van der Waals surface area contributed by atoms with Crippen LogP contribution >= 0.6 is 0 Å². The lowest BCUT2D eigenvalue weighted by Gasteiger charge is -2.21. The van der Waals surface area contributed by atoms with Crippen LogP contribution in [0.1, 0.15) is 26.2 Å². The van der Waals surface area contributed by atoms with Crippen molar-refractivity contribution in [2.75, 3.05) is 19.8 Å². The third-order valence-corrected chi connectivity index (χ3v) is 6.47. The van der Waals surface area contributed by atoms with Crippen LogP contribution < -0.4 is 0 Å². The van der Waals surface area contributed by atoms with Gasteiger partial charge in [0.25, 0.3) is 0 Å². The minimum absolute atomic E-state index is 0.426. The molecule has 1 aliphatic heterocycles. The van der Waals surface area contributed by atoms with Crippen molar-refractivity contribution in [1.29, 1.82) is 0 Å². The van der Waals surface area contributed by atoms with Gasteiger partial charge >= 0.3 is 0 Å². The number of rotatable bonds is 9. The van der Waals surface area contributed by atoms with Crippen molar-refractivity contribution in [3.8, 4) is 0 Å². The van der Waals surface area contributed by atoms with Gasteiger partial charge in [0.05, 0.1) is 13.2 Å². The van der Waals surface area contributed by atoms with Crippen molar-refractivity contribution in [2.45, 2.75) is 57.5 Å². The molecule has 90 valence electrons. The largest absolute Gasteiger partial charge is 0.379 e. The van der Waals surface area contributed by atoms with Gasteiger partial charge in [-0.15, -0.1) is 0 Å². The summed E-state index contributed by atoms with van der Waals surface area (Å²) in [6, 6.07) is 2.90. The molecule has 1 aliphatic rings. The Morgan fingerprint density at radius 2 is 1.93 bits per heavy atom. The van der Waals surface area contributed by atoms with Crippen molar-refractivity contribution in [3.63, 3.8) is 0 Å². The molecular formula is C12H26O2Si. The molecule has 0 aromatic rings. The maximum Gasteiger partial charge on any atom is 0.104 e. The summed E-state index contributed by atoms with van der Waals surface area (Å²) in [6.45, 7) is 9.96. The van der Waals surface area contributed by atoms with E-state index in [9.17, 15) is 0 Å². The lowest BCUT2D eigenvalue weighted by atomic mass is 10.4. The first-order chi connectivity index (χ1) is 7.14. The van der Waals surface area contributed by atoms with Crippen LogP contribution in [-0.2, 0) is 9.47 Å². The van der Waals surface area contributed by atoms with Gasteiger partial charge in [-0.3, -0.25) is 0 Å². The Kier molecular flexibility index (Phi) is 5.86. The predicted octanol–water partition coefficient (Wildman–Crippen LogP) is 3.30. The Balaban J connectivity index is 1.91. The highest BCUT2D eigenvalue weighted by Gasteiger charge is 2.22. The molecule has 0 spiro atoms. The second-order valence-corrected chi connectivity index (χ2v) is 10.7. The number of hydrogen-bond donors (Lipinski definition) is 0. The third kappa shape index (κ3) is 7.09. The molecule has 0 amide bonds. The van der Waals surface area contributed by atoms with Crippen LogP contribution in [0.3, 0.4) is 0 Å². The molecule has 0 aliphatic carbocycles. The zero-order valence-corrected chi connectivity index (χ0v) is 11.6. The summed E-state index contributed by atoms with van der Waals surface area (Å²) in [6.07, 6.45) is 4.42. The molecule has 1 atom stereocenters. The topological polar surface area (TPSA) is 21.8 Å². The van der Waals surface area contributed by atoms with E-state index in [1.54, 1.807) is 0 Å². The quantitative estimate of drug-likeness (QED) is 0.344. The minimum atomic E-state index is -0.897. The normalized spacial score (nSPS) is 20.6. The molecule has 15 heavy (non-hydrogen) atoms. The minimum Gasteiger partial charge on any atom is -0.379 e. The zero-order chi connectivity index (χ0) is 11.1. The van der Waals surface area contributed by atoms with Gasteiger partial charge in [-0.05, 0) is 6.42 Å². The number of ether oxygens (including phenoxy) is 2. The van der Waals surface area contributed by atoms with Gasteiger partial charge in [0.15, 0.2) is 0 Å². The van der Waals surface area contributed by atoms with Gasteiger partial charge in [-0.2, -0.15) is 0 Å². The fourth-order valence-corrected chi connectivity index (χ4v) is 4.47. The smallest absolute Gasteiger partial charge is 0.104 e. The van der Waals surface area contributed by atoms with Crippen LogP contribution in [0.5, 0.6) is 0 Å². The average molecular weight is 230 g/mol. The van der Waals surface area contributed by atoms with Crippen LogP contribution in [0.15, 0.2) is 0 Å². The Morgan fingerprint density at radius 3 is 2.53 bits per heavy atom. The molecule has 1 unspecified atom stereocenters. The highest BCUT2D eigenvalue weighted by molar-refractivity contribution is 6.77. The van der Waals surface area contributed by atoms with Gasteiger partial charge in [-0.25, -0.2) is 0 Å². The van der Waals surface area contributed by atoms with Gasteiger partial charge in [0.1, 0.15) is 6.10 Å². The molecule has 0 aromatic heterocycles. The Hall–Kier alpha value is 0.137. The first-order valence-corrected chi connectivity index (χ1v) is 9.75. The van der Waals surface area contributed by atoms with Gasteiger partial charge in [0, 0.05) is 14.7 Å². The monoisotopic (exact) mass is 230 g/mol. The first-order valence-electron chi connectivity index (χ1n) is 6.33. The van der Waals surface area contributed by atoms with Crippen LogP contribution in [0.2, 0.25) is 25.2 Å². The van der Waals surface area contributed by atoms with Gasteiger partial charge < -0.3 is 9.47 Å². The van der Waals surface area contributed by atoms with Crippen LogP contribution in [0.25, 0.3) is 0 Å². The van der Waals surface area contributed by atoms with Gasteiger partial charge in [0.2, 0.25) is 0 Å². The van der Waals surface area contributed by atoms with E-state index in [0.29, 0.717) is 6.10 Å². The van der Waals surface area contributed by atoms with Crippen molar-refractivity contribution in [3.05, 3.63) is 0 Å². The summed E-state index contributed by atoms with van der Waals surface area (Å²) < 4.78 is 10.6. The fourth-order valence-electron chi connectivity index (χ4n) is 1.81. The average Bonchev–Trinajstić information content (AvgIpc) is 2.98. The van der Waals surface area contributed by atoms with E-state index in [0.717, 1.165) is 19.8 Å². The molecule has 1 fully saturated rings. The van der Waals surface area contributed by atoms with Crippen LogP contribution in [-0.4, -0.2) is 34.0 Å². The lowest BCUT2D eigenvalue weighted by molar-refractivity contribution is 0.117. The van der Waals surface area contributed by atoms with E-state index in [4.69, 9.17) is 9.47 Å². The van der Waals surface area contributed by atoms with E-state index < -0.39 is 8.07 Å². The highest BCUT2D eigenvalue weighted by atomic mass is 28.3. The number of hydrogen-bond acceptors (Lipinski definition) is 2. The zero-order valence-electron chi connectivity index (χ0n) is 10.6. The van der Waals surface area contributed by atoms with Crippen molar-refractivity contribution >= 4 is 8.07 Å². The molecule has 1 rings (SSSR count). The second-order valence-electron chi connectivity index (χ2n) is 5.40. The molecule has 1 heterocycles. The van der Waals surface area contributed by atoms with E-state index in [1.165, 1.54) is 31.4 Å². The summed E-state index contributed by atoms with van der Waals surface area (Å²) in [7, 11) is -0.897. The van der Waals surface area contributed by atoms with Crippen LogP contribution in [0, 0.1) is 0 Å². The van der Waals surface area contributed by atoms with Crippen molar-refractivity contribution in [2.24, 2.45) is 0 Å². The lowest BCUT2D eigenvalue weighted by Crippen LogP contribution is -2.25. The Morgan fingerprint density at radius 1 is 1.27 bits per heavy atom. The summed E-state index contributed by atoms with van der Waals surface area (Å²) >= 11 is 0. The molecular weight excluding hydrogens is 204 g/mol. The van der Waals surface area contributed by atoms with E-state index in [1.807, 2.05) is 0 Å². The molecule has 0 N–H and O–H groups in total. The SMILES string of the molecule is CCCC[Si](C)(C)CCCOCC1CO1. The van der Waals surface area contributed by atoms with Gasteiger partial charge in [-0.1, -0.05) is 44.9 Å². The molecule has 3 heteroatoms. The number of epoxide rings is 1. The highest BCUT2D eigenvalue weighted by Crippen LogP contribution is 2.20. The standard InChI is InChI=1S/C12H26O2Si/c1-4-5-8-15(2,3)9-6-7-13-10-12-11-14-12/h12H,4-11H2,1-3H3. The fraction of sp³-hybridized carbons (Fsp3) is 1.00. The molecule has 0 saturated carbocycles. The third-order valence-electron chi connectivity index (χ3n) is 3.06. The van der Waals surface area contributed by atoms with Crippen LogP contribution in [0.4, 0.5) is 0 Å². The maximum absolute atomic E-state index is 5.55. The summed E-state index contributed by atoms with van der Waals surface area (Å²) in [5, 5.41) is 0. The van der Waals surface area contributed by atoms with E-state index in [-0.39, 0.29) is 0 Å². The van der Waals surface area contributed by atoms with Crippen molar-refractivity contribution in [1.82, 2.24) is 0 Å². The number of unbranched alkanes of at least 4 members (excludes halogenated alkanes) is 1.